The quantitative estimate of drug-likeness (QED) is 0.855. The summed E-state index contributed by atoms with van der Waals surface area (Å²) in [6.07, 6.45) is 0. The fourth-order valence-corrected chi connectivity index (χ4v) is 1.48. The summed E-state index contributed by atoms with van der Waals surface area (Å²) >= 11 is 0. The molecule has 0 saturated carbocycles. The van der Waals surface area contributed by atoms with Gasteiger partial charge in [0, 0.05) is 0 Å². The van der Waals surface area contributed by atoms with Crippen LogP contribution in [-0.4, -0.2) is 16.2 Å². The van der Waals surface area contributed by atoms with Gasteiger partial charge < -0.3 is 11.1 Å². The maximum atomic E-state index is 13.0. The van der Waals surface area contributed by atoms with Gasteiger partial charge in [0.15, 0.2) is 0 Å². The number of carbonyl (C=O) groups is 1. The van der Waals surface area contributed by atoms with Crippen molar-refractivity contribution in [3.05, 3.63) is 41.3 Å². The summed E-state index contributed by atoms with van der Waals surface area (Å²) in [6, 6.07) is 5.56. The van der Waals surface area contributed by atoms with Gasteiger partial charge >= 0.3 is 0 Å². The second-order valence-electron chi connectivity index (χ2n) is 3.75. The Morgan fingerprint density at radius 3 is 2.89 bits per heavy atom. The van der Waals surface area contributed by atoms with Gasteiger partial charge in [0.2, 0.25) is 11.5 Å². The Balaban J connectivity index is 2.10. The molecule has 6 nitrogen and oxygen atoms in total. The maximum Gasteiger partial charge on any atom is 0.277 e. The van der Waals surface area contributed by atoms with E-state index in [2.05, 4.69) is 20.3 Å². The summed E-state index contributed by atoms with van der Waals surface area (Å²) in [5.41, 5.74) is 5.94. The minimum Gasteiger partial charge on any atom is -0.379 e. The number of carbonyl (C=O) groups excluding carboxylic acids is 1. The number of benzene rings is 1. The van der Waals surface area contributed by atoms with Crippen molar-refractivity contribution in [2.75, 3.05) is 5.73 Å². The summed E-state index contributed by atoms with van der Waals surface area (Å²) in [5.74, 6) is -0.972. The molecule has 0 bridgehead atoms. The third-order valence-electron chi connectivity index (χ3n) is 2.43. The van der Waals surface area contributed by atoms with E-state index in [1.165, 1.54) is 12.1 Å². The number of nitrogen functional groups attached to an aromatic ring is 1. The van der Waals surface area contributed by atoms with E-state index in [0.717, 1.165) is 0 Å². The van der Waals surface area contributed by atoms with Crippen LogP contribution in [0.1, 0.15) is 29.0 Å². The van der Waals surface area contributed by atoms with E-state index in [0.29, 0.717) is 5.56 Å². The molecule has 0 aliphatic heterocycles. The van der Waals surface area contributed by atoms with Crippen molar-refractivity contribution < 1.29 is 13.8 Å². The highest BCUT2D eigenvalue weighted by Crippen LogP contribution is 2.14. The van der Waals surface area contributed by atoms with Crippen LogP contribution in [-0.2, 0) is 0 Å². The lowest BCUT2D eigenvalue weighted by Crippen LogP contribution is -2.27. The van der Waals surface area contributed by atoms with Gasteiger partial charge in [0.25, 0.3) is 5.91 Å². The molecule has 0 saturated heterocycles. The lowest BCUT2D eigenvalue weighted by Gasteiger charge is -2.13. The van der Waals surface area contributed by atoms with Crippen molar-refractivity contribution in [2.45, 2.75) is 13.0 Å². The third-order valence-corrected chi connectivity index (χ3v) is 2.43. The topological polar surface area (TPSA) is 94.0 Å². The van der Waals surface area contributed by atoms with Crippen LogP contribution in [0.4, 0.5) is 10.2 Å². The average Bonchev–Trinajstić information content (AvgIpc) is 2.75. The van der Waals surface area contributed by atoms with Crippen LogP contribution in [0.15, 0.2) is 28.9 Å². The predicted molar refractivity (Wildman–Crippen MR) is 61.0 cm³/mol. The first-order chi connectivity index (χ1) is 8.58. The van der Waals surface area contributed by atoms with E-state index in [9.17, 15) is 9.18 Å². The van der Waals surface area contributed by atoms with Gasteiger partial charge in [0.1, 0.15) is 5.82 Å². The van der Waals surface area contributed by atoms with E-state index in [-0.39, 0.29) is 23.4 Å². The summed E-state index contributed by atoms with van der Waals surface area (Å²) < 4.78 is 17.4. The molecule has 0 unspecified atom stereocenters. The maximum absolute atomic E-state index is 13.0. The molecule has 0 aliphatic rings. The highest BCUT2D eigenvalue weighted by Gasteiger charge is 2.18. The number of hydrogen-bond acceptors (Lipinski definition) is 5. The first-order valence-electron chi connectivity index (χ1n) is 5.22. The molecule has 0 fully saturated rings. The minimum absolute atomic E-state index is 0.0843. The monoisotopic (exact) mass is 250 g/mol. The normalized spacial score (nSPS) is 12.1. The Labute approximate surface area is 102 Å². The van der Waals surface area contributed by atoms with Crippen LogP contribution >= 0.6 is 0 Å². The molecular formula is C11H11FN4O2. The van der Waals surface area contributed by atoms with Crippen molar-refractivity contribution in [1.82, 2.24) is 15.6 Å². The van der Waals surface area contributed by atoms with Crippen molar-refractivity contribution >= 4 is 11.7 Å². The van der Waals surface area contributed by atoms with Gasteiger partial charge in [-0.25, -0.2) is 9.02 Å². The summed E-state index contributed by atoms with van der Waals surface area (Å²) in [6.45, 7) is 1.72. The Kier molecular flexibility index (Phi) is 3.22. The number of rotatable bonds is 3. The molecule has 1 heterocycles. The van der Waals surface area contributed by atoms with Crippen LogP contribution in [0.25, 0.3) is 0 Å². The van der Waals surface area contributed by atoms with Crippen LogP contribution in [0.3, 0.4) is 0 Å². The molecule has 1 aromatic carbocycles. The number of hydrogen-bond donors (Lipinski definition) is 2. The average molecular weight is 250 g/mol. The standard InChI is InChI=1S/C11H11FN4O2/c1-6(7-3-2-4-8(12)5-7)14-11(17)9-10(13)16-18-15-9/h2-6H,1H3,(H2,13,16)(H,14,17)/t6-/m1/s1. The molecule has 2 aromatic rings. The Hall–Kier alpha value is -2.44. The van der Waals surface area contributed by atoms with Crippen molar-refractivity contribution in [2.24, 2.45) is 0 Å². The zero-order valence-corrected chi connectivity index (χ0v) is 9.55. The molecule has 0 aliphatic carbocycles. The summed E-state index contributed by atoms with van der Waals surface area (Å²) in [4.78, 5) is 11.7. The molecule has 0 spiro atoms. The molecule has 1 amide bonds. The minimum atomic E-state index is -0.523. The first-order valence-corrected chi connectivity index (χ1v) is 5.22. The molecule has 94 valence electrons. The number of nitrogens with two attached hydrogens (primary N) is 1. The van der Waals surface area contributed by atoms with Crippen molar-refractivity contribution in [1.29, 1.82) is 0 Å². The molecule has 1 atom stereocenters. The molecule has 3 N–H and O–H groups in total. The highest BCUT2D eigenvalue weighted by atomic mass is 19.1. The Morgan fingerprint density at radius 1 is 1.50 bits per heavy atom. The van der Waals surface area contributed by atoms with E-state index in [4.69, 9.17) is 5.73 Å². The van der Waals surface area contributed by atoms with Gasteiger partial charge in [0.05, 0.1) is 6.04 Å². The van der Waals surface area contributed by atoms with Gasteiger partial charge in [-0.2, -0.15) is 0 Å². The number of halogens is 1. The number of amides is 1. The van der Waals surface area contributed by atoms with E-state index >= 15 is 0 Å². The van der Waals surface area contributed by atoms with Crippen molar-refractivity contribution in [3.63, 3.8) is 0 Å². The van der Waals surface area contributed by atoms with Gasteiger partial charge in [-0.05, 0) is 34.9 Å². The summed E-state index contributed by atoms with van der Waals surface area (Å²) in [5, 5.41) is 9.30. The molecule has 2 rings (SSSR count). The van der Waals surface area contributed by atoms with Crippen molar-refractivity contribution in [3.8, 4) is 0 Å². The summed E-state index contributed by atoms with van der Waals surface area (Å²) in [7, 11) is 0. The number of nitrogens with one attached hydrogen (secondary N) is 1. The lowest BCUT2D eigenvalue weighted by molar-refractivity contribution is 0.0930. The number of nitrogens with zero attached hydrogens (tertiary/aromatic N) is 2. The van der Waals surface area contributed by atoms with Crippen LogP contribution in [0, 0.1) is 5.82 Å². The van der Waals surface area contributed by atoms with E-state index in [1.807, 2.05) is 0 Å². The first kappa shape index (κ1) is 12.0. The second-order valence-corrected chi connectivity index (χ2v) is 3.75. The fourth-order valence-electron chi connectivity index (χ4n) is 1.48. The SMILES string of the molecule is C[C@@H](NC(=O)c1nonc1N)c1cccc(F)c1. The Bertz CT molecular complexity index is 570. The number of aromatic nitrogens is 2. The molecule has 0 radical (unpaired) electrons. The fraction of sp³-hybridized carbons (Fsp3) is 0.182. The zero-order chi connectivity index (χ0) is 13.1. The van der Waals surface area contributed by atoms with E-state index < -0.39 is 5.91 Å². The van der Waals surface area contributed by atoms with Crippen LogP contribution in [0.5, 0.6) is 0 Å². The van der Waals surface area contributed by atoms with Crippen LogP contribution in [0.2, 0.25) is 0 Å². The van der Waals surface area contributed by atoms with Gasteiger partial charge in [-0.1, -0.05) is 12.1 Å². The van der Waals surface area contributed by atoms with Gasteiger partial charge in [-0.15, -0.1) is 0 Å². The molecular weight excluding hydrogens is 239 g/mol. The van der Waals surface area contributed by atoms with E-state index in [1.54, 1.807) is 19.1 Å². The predicted octanol–water partition coefficient (Wildman–Crippen LogP) is 1.28. The smallest absolute Gasteiger partial charge is 0.277 e. The molecule has 18 heavy (non-hydrogen) atoms. The second kappa shape index (κ2) is 4.82. The Morgan fingerprint density at radius 2 is 2.28 bits per heavy atom. The molecule has 7 heteroatoms. The highest BCUT2D eigenvalue weighted by molar-refractivity contribution is 5.96. The third kappa shape index (κ3) is 2.45. The largest absolute Gasteiger partial charge is 0.379 e. The number of anilines is 1. The van der Waals surface area contributed by atoms with Gasteiger partial charge in [-0.3, -0.25) is 4.79 Å². The van der Waals surface area contributed by atoms with Crippen LogP contribution < -0.4 is 11.1 Å². The lowest BCUT2D eigenvalue weighted by atomic mass is 10.1. The zero-order valence-electron chi connectivity index (χ0n) is 9.55. The molecule has 1 aromatic heterocycles.